The Labute approximate surface area is 71.1 Å². The number of aliphatic carboxylic acids is 1. The van der Waals surface area contributed by atoms with Gasteiger partial charge in [0.25, 0.3) is 0 Å². The van der Waals surface area contributed by atoms with Gasteiger partial charge in [0, 0.05) is 25.7 Å². The molecule has 1 heterocycles. The van der Waals surface area contributed by atoms with Crippen LogP contribution in [0.15, 0.2) is 12.2 Å². The lowest BCUT2D eigenvalue weighted by molar-refractivity contribution is -0.131. The van der Waals surface area contributed by atoms with Gasteiger partial charge in [-0.1, -0.05) is 6.08 Å². The Morgan fingerprint density at radius 3 is 2.92 bits per heavy atom. The Bertz CT molecular complexity index is 191. The standard InChI is InChI=1S/C8H13NO3/c10-7-3-5-9(6-7)4-1-2-8(11)12/h1-2,7,10H,3-6H2,(H,11,12)/b2-1+/t7-/m1/s1. The number of hydrogen-bond acceptors (Lipinski definition) is 3. The number of carboxylic acids is 1. The van der Waals surface area contributed by atoms with Gasteiger partial charge in [-0.3, -0.25) is 4.90 Å². The van der Waals surface area contributed by atoms with Gasteiger partial charge in [-0.2, -0.15) is 0 Å². The highest BCUT2D eigenvalue weighted by Crippen LogP contribution is 2.07. The average Bonchev–Trinajstić information content (AvgIpc) is 2.35. The van der Waals surface area contributed by atoms with E-state index in [0.717, 1.165) is 19.0 Å². The maximum absolute atomic E-state index is 10.1. The van der Waals surface area contributed by atoms with Crippen LogP contribution in [0.5, 0.6) is 0 Å². The predicted octanol–water partition coefficient (Wildman–Crippen LogP) is -0.306. The lowest BCUT2D eigenvalue weighted by atomic mass is 10.3. The van der Waals surface area contributed by atoms with Crippen LogP contribution in [0.25, 0.3) is 0 Å². The summed E-state index contributed by atoms with van der Waals surface area (Å²) in [6.45, 7) is 2.12. The van der Waals surface area contributed by atoms with Crippen molar-refractivity contribution in [2.24, 2.45) is 0 Å². The molecule has 0 aliphatic carbocycles. The molecule has 0 spiro atoms. The number of carboxylic acid groups (broad SMARTS) is 1. The number of hydrogen-bond donors (Lipinski definition) is 2. The molecule has 0 amide bonds. The second-order valence-corrected chi connectivity index (χ2v) is 2.94. The third-order valence-electron chi connectivity index (χ3n) is 1.87. The molecule has 1 saturated heterocycles. The summed E-state index contributed by atoms with van der Waals surface area (Å²) in [5, 5.41) is 17.4. The van der Waals surface area contributed by atoms with Crippen LogP contribution in [0.3, 0.4) is 0 Å². The lowest BCUT2D eigenvalue weighted by Crippen LogP contribution is -2.22. The van der Waals surface area contributed by atoms with Gasteiger partial charge < -0.3 is 10.2 Å². The molecule has 1 fully saturated rings. The van der Waals surface area contributed by atoms with Crippen LogP contribution in [0.2, 0.25) is 0 Å². The minimum absolute atomic E-state index is 0.233. The van der Waals surface area contributed by atoms with Crippen molar-refractivity contribution < 1.29 is 15.0 Å². The molecule has 4 heteroatoms. The molecule has 4 nitrogen and oxygen atoms in total. The number of aliphatic hydroxyl groups excluding tert-OH is 1. The zero-order valence-electron chi connectivity index (χ0n) is 6.81. The largest absolute Gasteiger partial charge is 0.478 e. The van der Waals surface area contributed by atoms with E-state index in [1.807, 2.05) is 4.90 Å². The summed E-state index contributed by atoms with van der Waals surface area (Å²) in [4.78, 5) is 12.1. The Hall–Kier alpha value is -0.870. The van der Waals surface area contributed by atoms with Gasteiger partial charge >= 0.3 is 5.97 Å². The number of rotatable bonds is 3. The fraction of sp³-hybridized carbons (Fsp3) is 0.625. The summed E-state index contributed by atoms with van der Waals surface area (Å²) in [6, 6.07) is 0. The van der Waals surface area contributed by atoms with Crippen LogP contribution in [-0.2, 0) is 4.79 Å². The van der Waals surface area contributed by atoms with Gasteiger partial charge in [0.05, 0.1) is 6.10 Å². The Kier molecular flexibility index (Phi) is 3.25. The molecule has 2 N–H and O–H groups in total. The summed E-state index contributed by atoms with van der Waals surface area (Å²) in [7, 11) is 0. The molecular weight excluding hydrogens is 158 g/mol. The first-order valence-corrected chi connectivity index (χ1v) is 3.98. The van der Waals surface area contributed by atoms with Gasteiger partial charge in [-0.05, 0) is 6.42 Å². The highest BCUT2D eigenvalue weighted by Gasteiger charge is 2.18. The summed E-state index contributed by atoms with van der Waals surface area (Å²) >= 11 is 0. The second-order valence-electron chi connectivity index (χ2n) is 2.94. The molecule has 1 aliphatic rings. The maximum atomic E-state index is 10.1. The summed E-state index contributed by atoms with van der Waals surface area (Å²) in [5.74, 6) is -0.922. The molecule has 0 aromatic heterocycles. The Morgan fingerprint density at radius 2 is 2.42 bits per heavy atom. The number of carbonyl (C=O) groups is 1. The maximum Gasteiger partial charge on any atom is 0.328 e. The van der Waals surface area contributed by atoms with Crippen molar-refractivity contribution in [3.05, 3.63) is 12.2 Å². The van der Waals surface area contributed by atoms with Crippen molar-refractivity contribution in [2.75, 3.05) is 19.6 Å². The van der Waals surface area contributed by atoms with E-state index in [0.29, 0.717) is 13.1 Å². The zero-order valence-corrected chi connectivity index (χ0v) is 6.81. The molecule has 0 aromatic carbocycles. The molecule has 0 saturated carbocycles. The van der Waals surface area contributed by atoms with Gasteiger partial charge in [0.2, 0.25) is 0 Å². The van der Waals surface area contributed by atoms with E-state index in [2.05, 4.69) is 0 Å². The molecule has 0 unspecified atom stereocenters. The van der Waals surface area contributed by atoms with Crippen LogP contribution in [0.4, 0.5) is 0 Å². The fourth-order valence-corrected chi connectivity index (χ4v) is 1.28. The normalized spacial score (nSPS) is 25.2. The van der Waals surface area contributed by atoms with Gasteiger partial charge in [0.15, 0.2) is 0 Å². The first kappa shape index (κ1) is 9.22. The van der Waals surface area contributed by atoms with E-state index in [1.165, 1.54) is 0 Å². The monoisotopic (exact) mass is 171 g/mol. The summed E-state index contributed by atoms with van der Waals surface area (Å²) in [5.41, 5.74) is 0. The predicted molar refractivity (Wildman–Crippen MR) is 43.8 cm³/mol. The van der Waals surface area contributed by atoms with Gasteiger partial charge in [0.1, 0.15) is 0 Å². The molecule has 1 aliphatic heterocycles. The fourth-order valence-electron chi connectivity index (χ4n) is 1.28. The van der Waals surface area contributed by atoms with E-state index >= 15 is 0 Å². The van der Waals surface area contributed by atoms with Crippen LogP contribution >= 0.6 is 0 Å². The van der Waals surface area contributed by atoms with Crippen LogP contribution < -0.4 is 0 Å². The Balaban J connectivity index is 2.20. The number of β-amino-alcohol motifs (C(OH)–C–C–N with tert-alkyl or cyclic N) is 1. The second kappa shape index (κ2) is 4.23. The van der Waals surface area contributed by atoms with Crippen molar-refractivity contribution in [1.82, 2.24) is 4.90 Å². The minimum Gasteiger partial charge on any atom is -0.478 e. The van der Waals surface area contributed by atoms with Crippen LogP contribution in [0, 0.1) is 0 Å². The smallest absolute Gasteiger partial charge is 0.328 e. The first-order valence-electron chi connectivity index (χ1n) is 3.98. The molecule has 1 atom stereocenters. The Morgan fingerprint density at radius 1 is 1.67 bits per heavy atom. The summed E-state index contributed by atoms with van der Waals surface area (Å²) in [6.07, 6.45) is 3.29. The highest BCUT2D eigenvalue weighted by molar-refractivity contribution is 5.79. The number of likely N-dealkylation sites (tertiary alicyclic amines) is 1. The molecule has 12 heavy (non-hydrogen) atoms. The van der Waals surface area contributed by atoms with Crippen LogP contribution in [-0.4, -0.2) is 46.8 Å². The quantitative estimate of drug-likeness (QED) is 0.572. The highest BCUT2D eigenvalue weighted by atomic mass is 16.4. The van der Waals surface area contributed by atoms with Crippen molar-refractivity contribution in [2.45, 2.75) is 12.5 Å². The minimum atomic E-state index is -0.922. The van der Waals surface area contributed by atoms with Crippen molar-refractivity contribution in [3.8, 4) is 0 Å². The summed E-state index contributed by atoms with van der Waals surface area (Å²) < 4.78 is 0. The van der Waals surface area contributed by atoms with Gasteiger partial charge in [-0.15, -0.1) is 0 Å². The van der Waals surface area contributed by atoms with Crippen molar-refractivity contribution in [1.29, 1.82) is 0 Å². The van der Waals surface area contributed by atoms with E-state index in [-0.39, 0.29) is 6.10 Å². The molecular formula is C8H13NO3. The average molecular weight is 171 g/mol. The topological polar surface area (TPSA) is 60.8 Å². The van der Waals surface area contributed by atoms with Gasteiger partial charge in [-0.25, -0.2) is 4.79 Å². The van der Waals surface area contributed by atoms with E-state index in [1.54, 1.807) is 6.08 Å². The first-order chi connectivity index (χ1) is 5.68. The third kappa shape index (κ3) is 3.02. The lowest BCUT2D eigenvalue weighted by Gasteiger charge is -2.10. The van der Waals surface area contributed by atoms with Crippen molar-refractivity contribution >= 4 is 5.97 Å². The molecule has 0 bridgehead atoms. The zero-order chi connectivity index (χ0) is 8.97. The molecule has 0 radical (unpaired) electrons. The van der Waals surface area contributed by atoms with Crippen molar-refractivity contribution in [3.63, 3.8) is 0 Å². The SMILES string of the molecule is O=C(O)/C=C/CN1CC[C@@H](O)C1. The van der Waals surface area contributed by atoms with Crippen LogP contribution in [0.1, 0.15) is 6.42 Å². The van der Waals surface area contributed by atoms with E-state index in [4.69, 9.17) is 10.2 Å². The molecule has 1 rings (SSSR count). The molecule has 68 valence electrons. The van der Waals surface area contributed by atoms with E-state index in [9.17, 15) is 4.79 Å². The van der Waals surface area contributed by atoms with E-state index < -0.39 is 5.97 Å². The molecule has 0 aromatic rings. The third-order valence-corrected chi connectivity index (χ3v) is 1.87. The number of nitrogens with zero attached hydrogens (tertiary/aromatic N) is 1. The number of aliphatic hydroxyl groups is 1.